The normalized spacial score (nSPS) is 15.8. The highest BCUT2D eigenvalue weighted by molar-refractivity contribution is 7.99. The maximum Gasteiger partial charge on any atom is 0.198 e. The second-order valence-electron chi connectivity index (χ2n) is 6.08. The summed E-state index contributed by atoms with van der Waals surface area (Å²) in [7, 11) is 6.00. The molecule has 0 aromatic carbocycles. The Morgan fingerprint density at radius 2 is 2.00 bits per heavy atom. The molecule has 0 unspecified atom stereocenters. The molecule has 23 heavy (non-hydrogen) atoms. The Labute approximate surface area is 140 Å². The van der Waals surface area contributed by atoms with Gasteiger partial charge in [-0.3, -0.25) is 0 Å². The third-order valence-corrected chi connectivity index (χ3v) is 5.02. The molecule has 3 rings (SSSR count). The van der Waals surface area contributed by atoms with Crippen LogP contribution in [0.5, 0.6) is 0 Å². The van der Waals surface area contributed by atoms with Gasteiger partial charge in [-0.15, -0.1) is 10.2 Å². The number of hydrogen-bond acceptors (Lipinski definition) is 7. The SMILES string of the molecule is Cc1cnc(Sc2nnc(C3CCNCC3)n2C)nc1N(C)C. The summed E-state index contributed by atoms with van der Waals surface area (Å²) in [6, 6.07) is 0. The van der Waals surface area contributed by atoms with Gasteiger partial charge in [0, 0.05) is 38.8 Å². The van der Waals surface area contributed by atoms with Crippen LogP contribution in [0.4, 0.5) is 5.82 Å². The van der Waals surface area contributed by atoms with Crippen LogP contribution in [-0.2, 0) is 7.05 Å². The van der Waals surface area contributed by atoms with Crippen molar-refractivity contribution in [3.8, 4) is 0 Å². The van der Waals surface area contributed by atoms with E-state index in [1.54, 1.807) is 0 Å². The highest BCUT2D eigenvalue weighted by atomic mass is 32.2. The second-order valence-corrected chi connectivity index (χ2v) is 7.01. The Bertz CT molecular complexity index is 676. The largest absolute Gasteiger partial charge is 0.362 e. The van der Waals surface area contributed by atoms with Crippen LogP contribution < -0.4 is 10.2 Å². The molecule has 0 atom stereocenters. The van der Waals surface area contributed by atoms with Crippen LogP contribution in [0.15, 0.2) is 16.5 Å². The van der Waals surface area contributed by atoms with Gasteiger partial charge in [0.2, 0.25) is 0 Å². The van der Waals surface area contributed by atoms with E-state index in [-0.39, 0.29) is 0 Å². The molecule has 1 aliphatic rings. The van der Waals surface area contributed by atoms with Crippen molar-refractivity contribution in [2.45, 2.75) is 36.0 Å². The van der Waals surface area contributed by atoms with Gasteiger partial charge < -0.3 is 14.8 Å². The average molecular weight is 333 g/mol. The van der Waals surface area contributed by atoms with Gasteiger partial charge in [0.15, 0.2) is 10.3 Å². The van der Waals surface area contributed by atoms with E-state index in [9.17, 15) is 0 Å². The Balaban J connectivity index is 1.81. The predicted octanol–water partition coefficient (Wildman–Crippen LogP) is 1.60. The Kier molecular flexibility index (Phi) is 4.82. The molecule has 3 heterocycles. The van der Waals surface area contributed by atoms with Crippen LogP contribution in [-0.4, -0.2) is 51.9 Å². The average Bonchev–Trinajstić information content (AvgIpc) is 2.91. The maximum atomic E-state index is 4.62. The van der Waals surface area contributed by atoms with Crippen molar-refractivity contribution >= 4 is 17.6 Å². The van der Waals surface area contributed by atoms with Crippen molar-refractivity contribution in [2.24, 2.45) is 7.05 Å². The number of aryl methyl sites for hydroxylation is 1. The molecule has 2 aromatic heterocycles. The fourth-order valence-electron chi connectivity index (χ4n) is 2.85. The molecule has 0 radical (unpaired) electrons. The van der Waals surface area contributed by atoms with Crippen molar-refractivity contribution in [1.82, 2.24) is 30.0 Å². The minimum atomic E-state index is 0.486. The first-order valence-corrected chi connectivity index (χ1v) is 8.66. The lowest BCUT2D eigenvalue weighted by Gasteiger charge is -2.21. The van der Waals surface area contributed by atoms with E-state index < -0.39 is 0 Å². The summed E-state index contributed by atoms with van der Waals surface area (Å²) in [6.07, 6.45) is 4.08. The molecule has 7 nitrogen and oxygen atoms in total. The molecule has 124 valence electrons. The summed E-state index contributed by atoms with van der Waals surface area (Å²) >= 11 is 1.46. The fraction of sp³-hybridized carbons (Fsp3) is 0.600. The predicted molar refractivity (Wildman–Crippen MR) is 91.1 cm³/mol. The zero-order valence-electron chi connectivity index (χ0n) is 14.1. The van der Waals surface area contributed by atoms with Crippen molar-refractivity contribution in [2.75, 3.05) is 32.1 Å². The van der Waals surface area contributed by atoms with Gasteiger partial charge in [-0.05, 0) is 44.6 Å². The number of hydrogen-bond donors (Lipinski definition) is 1. The number of aromatic nitrogens is 5. The minimum Gasteiger partial charge on any atom is -0.362 e. The molecule has 8 heteroatoms. The van der Waals surface area contributed by atoms with Gasteiger partial charge >= 0.3 is 0 Å². The molecule has 0 bridgehead atoms. The standard InChI is InChI=1S/C15H23N7S/c1-10-9-17-14(18-12(10)21(2)3)23-15-20-19-13(22(15)4)11-5-7-16-8-6-11/h9,11,16H,5-8H2,1-4H3. The molecule has 0 amide bonds. The van der Waals surface area contributed by atoms with Crippen molar-refractivity contribution in [1.29, 1.82) is 0 Å². The zero-order chi connectivity index (χ0) is 16.4. The Hall–Kier alpha value is -1.67. The molecular weight excluding hydrogens is 310 g/mol. The van der Waals surface area contributed by atoms with E-state index in [4.69, 9.17) is 0 Å². The molecule has 1 fully saturated rings. The number of anilines is 1. The molecular formula is C15H23N7S. The van der Waals surface area contributed by atoms with E-state index >= 15 is 0 Å². The van der Waals surface area contributed by atoms with Gasteiger partial charge in [0.25, 0.3) is 0 Å². The second kappa shape index (κ2) is 6.84. The van der Waals surface area contributed by atoms with Gasteiger partial charge in [0.1, 0.15) is 11.6 Å². The Morgan fingerprint density at radius 3 is 2.70 bits per heavy atom. The van der Waals surface area contributed by atoms with Crippen LogP contribution in [0.1, 0.15) is 30.1 Å². The van der Waals surface area contributed by atoms with Gasteiger partial charge in [-0.2, -0.15) is 0 Å². The quantitative estimate of drug-likeness (QED) is 0.852. The van der Waals surface area contributed by atoms with E-state index in [0.717, 1.165) is 48.3 Å². The molecule has 1 N–H and O–H groups in total. The van der Waals surface area contributed by atoms with Gasteiger partial charge in [-0.25, -0.2) is 9.97 Å². The summed E-state index contributed by atoms with van der Waals surface area (Å²) < 4.78 is 2.08. The van der Waals surface area contributed by atoms with Crippen LogP contribution in [0.25, 0.3) is 0 Å². The van der Waals surface area contributed by atoms with E-state index in [2.05, 4.69) is 30.0 Å². The number of nitrogens with zero attached hydrogens (tertiary/aromatic N) is 6. The number of nitrogens with one attached hydrogen (secondary N) is 1. The van der Waals surface area contributed by atoms with Gasteiger partial charge in [0.05, 0.1) is 0 Å². The van der Waals surface area contributed by atoms with Crippen LogP contribution in [0.2, 0.25) is 0 Å². The molecule has 0 aliphatic carbocycles. The first-order chi connectivity index (χ1) is 11.1. The zero-order valence-corrected chi connectivity index (χ0v) is 14.9. The first-order valence-electron chi connectivity index (χ1n) is 7.85. The number of piperidine rings is 1. The van der Waals surface area contributed by atoms with E-state index in [1.165, 1.54) is 11.8 Å². The smallest absolute Gasteiger partial charge is 0.198 e. The summed E-state index contributed by atoms with van der Waals surface area (Å²) in [5.41, 5.74) is 1.06. The van der Waals surface area contributed by atoms with Crippen molar-refractivity contribution < 1.29 is 0 Å². The topological polar surface area (TPSA) is 71.8 Å². The molecule has 1 saturated heterocycles. The lowest BCUT2D eigenvalue weighted by molar-refractivity contribution is 0.434. The van der Waals surface area contributed by atoms with Crippen molar-refractivity contribution in [3.63, 3.8) is 0 Å². The maximum absolute atomic E-state index is 4.62. The highest BCUT2D eigenvalue weighted by Crippen LogP contribution is 2.29. The minimum absolute atomic E-state index is 0.486. The van der Waals surface area contributed by atoms with Gasteiger partial charge in [-0.1, -0.05) is 0 Å². The molecule has 0 saturated carbocycles. The lowest BCUT2D eigenvalue weighted by Crippen LogP contribution is -2.27. The summed E-state index contributed by atoms with van der Waals surface area (Å²) in [4.78, 5) is 11.0. The molecule has 1 aliphatic heterocycles. The summed E-state index contributed by atoms with van der Waals surface area (Å²) in [5.74, 6) is 2.48. The fourth-order valence-corrected chi connectivity index (χ4v) is 3.56. The van der Waals surface area contributed by atoms with Crippen LogP contribution in [0, 0.1) is 6.92 Å². The van der Waals surface area contributed by atoms with Crippen LogP contribution in [0.3, 0.4) is 0 Å². The van der Waals surface area contributed by atoms with Crippen molar-refractivity contribution in [3.05, 3.63) is 17.6 Å². The number of rotatable bonds is 4. The monoisotopic (exact) mass is 333 g/mol. The lowest BCUT2D eigenvalue weighted by atomic mass is 9.97. The Morgan fingerprint density at radius 1 is 1.26 bits per heavy atom. The third-order valence-electron chi connectivity index (χ3n) is 4.10. The summed E-state index contributed by atoms with van der Waals surface area (Å²) in [5, 5.41) is 13.7. The molecule has 2 aromatic rings. The first kappa shape index (κ1) is 16.2. The van der Waals surface area contributed by atoms with E-state index in [1.807, 2.05) is 39.2 Å². The molecule has 0 spiro atoms. The summed E-state index contributed by atoms with van der Waals surface area (Å²) in [6.45, 7) is 4.11. The van der Waals surface area contributed by atoms with Crippen LogP contribution >= 0.6 is 11.8 Å². The van der Waals surface area contributed by atoms with E-state index in [0.29, 0.717) is 11.1 Å². The highest BCUT2D eigenvalue weighted by Gasteiger charge is 2.22. The third kappa shape index (κ3) is 3.48.